The molecule has 0 unspecified atom stereocenters. The molecule has 1 heterocycles. The molecule has 17 heavy (non-hydrogen) atoms. The molecule has 0 bridgehead atoms. The molecule has 82 valence electrons. The predicted octanol–water partition coefficient (Wildman–Crippen LogP) is 5.07. The number of hydrogen-bond donors (Lipinski definition) is 0. The van der Waals surface area contributed by atoms with Crippen LogP contribution in [0.1, 0.15) is 11.1 Å². The zero-order chi connectivity index (χ0) is 11.5. The lowest BCUT2D eigenvalue weighted by Crippen LogP contribution is -1.76. The number of rotatable bonds is 0. The van der Waals surface area contributed by atoms with Crippen LogP contribution in [0.2, 0.25) is 0 Å². The van der Waals surface area contributed by atoms with Crippen LogP contribution in [-0.4, -0.2) is 0 Å². The van der Waals surface area contributed by atoms with Gasteiger partial charge in [-0.05, 0) is 32.7 Å². The fraction of sp³-hybridized carbons (Fsp3) is 0. The Morgan fingerprint density at radius 1 is 0.647 bits per heavy atom. The van der Waals surface area contributed by atoms with Gasteiger partial charge < -0.3 is 0 Å². The van der Waals surface area contributed by atoms with Crippen molar-refractivity contribution < 1.29 is 0 Å². The highest BCUT2D eigenvalue weighted by atomic mass is 32.1. The average Bonchev–Trinajstić information content (AvgIpc) is 3.04. The number of hydrogen-bond acceptors (Lipinski definition) is 1. The van der Waals surface area contributed by atoms with E-state index in [4.69, 9.17) is 0 Å². The average molecular weight is 236 g/mol. The van der Waals surface area contributed by atoms with Crippen molar-refractivity contribution in [3.8, 4) is 0 Å². The molecule has 0 amide bonds. The molecule has 2 aromatic carbocycles. The molecule has 0 saturated heterocycles. The van der Waals surface area contributed by atoms with E-state index in [0.29, 0.717) is 0 Å². The summed E-state index contributed by atoms with van der Waals surface area (Å²) in [6, 6.07) is 16.9. The Kier molecular flexibility index (Phi) is 2.76. The first-order valence-corrected chi connectivity index (χ1v) is 6.56. The monoisotopic (exact) mass is 236 g/mol. The van der Waals surface area contributed by atoms with Crippen molar-refractivity contribution in [1.82, 2.24) is 0 Å². The smallest absolute Gasteiger partial charge is 0.00389 e. The molecule has 0 atom stereocenters. The first-order chi connectivity index (χ1) is 8.45. The van der Waals surface area contributed by atoms with Crippen molar-refractivity contribution in [3.63, 3.8) is 0 Å². The molecule has 0 spiro atoms. The summed E-state index contributed by atoms with van der Waals surface area (Å²) in [5.74, 6) is 0. The molecule has 0 radical (unpaired) electrons. The SMILES string of the molecule is C1=Cc2cccc3cccc1c23.c1ccsc1. The maximum atomic E-state index is 2.18. The van der Waals surface area contributed by atoms with Crippen LogP contribution in [0, 0.1) is 0 Å². The molecule has 1 heteroatoms. The summed E-state index contributed by atoms with van der Waals surface area (Å²) in [6.07, 6.45) is 4.36. The van der Waals surface area contributed by atoms with E-state index in [1.165, 1.54) is 21.9 Å². The van der Waals surface area contributed by atoms with E-state index >= 15 is 0 Å². The highest BCUT2D eigenvalue weighted by Crippen LogP contribution is 2.30. The third-order valence-electron chi connectivity index (χ3n) is 2.84. The van der Waals surface area contributed by atoms with Crippen LogP contribution in [0.25, 0.3) is 22.9 Å². The Morgan fingerprint density at radius 2 is 1.24 bits per heavy atom. The first-order valence-electron chi connectivity index (χ1n) is 5.62. The van der Waals surface area contributed by atoms with Gasteiger partial charge in [0.15, 0.2) is 0 Å². The summed E-state index contributed by atoms with van der Waals surface area (Å²) < 4.78 is 0. The van der Waals surface area contributed by atoms with Crippen molar-refractivity contribution in [3.05, 3.63) is 70.4 Å². The van der Waals surface area contributed by atoms with E-state index in [-0.39, 0.29) is 0 Å². The molecule has 0 nitrogen and oxygen atoms in total. The van der Waals surface area contributed by atoms with Crippen LogP contribution in [-0.2, 0) is 0 Å². The minimum Gasteiger partial charge on any atom is -0.152 e. The van der Waals surface area contributed by atoms with Gasteiger partial charge in [-0.25, -0.2) is 0 Å². The van der Waals surface area contributed by atoms with E-state index in [2.05, 4.69) is 48.6 Å². The van der Waals surface area contributed by atoms with Crippen LogP contribution in [0.15, 0.2) is 59.3 Å². The molecule has 1 aliphatic rings. The van der Waals surface area contributed by atoms with Gasteiger partial charge in [-0.3, -0.25) is 0 Å². The Balaban J connectivity index is 0.000000153. The number of benzene rings is 2. The van der Waals surface area contributed by atoms with Gasteiger partial charge in [0.05, 0.1) is 0 Å². The minimum absolute atomic E-state index is 1.34. The molecular formula is C16H12S. The van der Waals surface area contributed by atoms with E-state index in [0.717, 1.165) is 0 Å². The van der Waals surface area contributed by atoms with Crippen LogP contribution in [0.5, 0.6) is 0 Å². The molecule has 4 rings (SSSR count). The minimum atomic E-state index is 1.34. The third-order valence-corrected chi connectivity index (χ3v) is 3.47. The van der Waals surface area contributed by atoms with Crippen molar-refractivity contribution in [2.24, 2.45) is 0 Å². The normalized spacial score (nSPS) is 11.3. The topological polar surface area (TPSA) is 0 Å². The van der Waals surface area contributed by atoms with Crippen LogP contribution >= 0.6 is 11.3 Å². The second-order valence-electron chi connectivity index (χ2n) is 3.92. The lowest BCUT2D eigenvalue weighted by molar-refractivity contribution is 1.72. The molecule has 3 aromatic rings. The van der Waals surface area contributed by atoms with Gasteiger partial charge in [0.1, 0.15) is 0 Å². The highest BCUT2D eigenvalue weighted by molar-refractivity contribution is 7.07. The first kappa shape index (κ1) is 10.3. The molecule has 0 fully saturated rings. The lowest BCUT2D eigenvalue weighted by Gasteiger charge is -1.99. The van der Waals surface area contributed by atoms with Crippen LogP contribution < -0.4 is 0 Å². The van der Waals surface area contributed by atoms with E-state index in [1.807, 2.05) is 22.9 Å². The van der Waals surface area contributed by atoms with Gasteiger partial charge in [-0.2, -0.15) is 11.3 Å². The Bertz CT molecular complexity index is 590. The van der Waals surface area contributed by atoms with E-state index < -0.39 is 0 Å². The fourth-order valence-corrected chi connectivity index (χ4v) is 2.54. The van der Waals surface area contributed by atoms with Crippen molar-refractivity contribution in [2.45, 2.75) is 0 Å². The van der Waals surface area contributed by atoms with Gasteiger partial charge in [0.2, 0.25) is 0 Å². The number of thiophene rings is 1. The Hall–Kier alpha value is -1.86. The summed E-state index contributed by atoms with van der Waals surface area (Å²) in [6.45, 7) is 0. The Morgan fingerprint density at radius 3 is 1.71 bits per heavy atom. The van der Waals surface area contributed by atoms with Gasteiger partial charge >= 0.3 is 0 Å². The molecule has 1 aliphatic carbocycles. The summed E-state index contributed by atoms with van der Waals surface area (Å²) in [5.41, 5.74) is 2.70. The predicted molar refractivity (Wildman–Crippen MR) is 77.2 cm³/mol. The summed E-state index contributed by atoms with van der Waals surface area (Å²) >= 11 is 1.71. The van der Waals surface area contributed by atoms with Crippen molar-refractivity contribution in [1.29, 1.82) is 0 Å². The Labute approximate surface area is 105 Å². The quantitative estimate of drug-likeness (QED) is 0.400. The van der Waals surface area contributed by atoms with Crippen LogP contribution in [0.4, 0.5) is 0 Å². The molecule has 1 aromatic heterocycles. The summed E-state index contributed by atoms with van der Waals surface area (Å²) in [4.78, 5) is 0. The van der Waals surface area contributed by atoms with Gasteiger partial charge in [-0.1, -0.05) is 60.7 Å². The second-order valence-corrected chi connectivity index (χ2v) is 4.74. The zero-order valence-electron chi connectivity index (χ0n) is 9.34. The van der Waals surface area contributed by atoms with Gasteiger partial charge in [-0.15, -0.1) is 0 Å². The lowest BCUT2D eigenvalue weighted by atomic mass is 10.0. The van der Waals surface area contributed by atoms with Gasteiger partial charge in [0.25, 0.3) is 0 Å². The van der Waals surface area contributed by atoms with Crippen molar-refractivity contribution in [2.75, 3.05) is 0 Å². The fourth-order valence-electron chi connectivity index (χ4n) is 2.08. The maximum absolute atomic E-state index is 2.18. The van der Waals surface area contributed by atoms with Crippen LogP contribution in [0.3, 0.4) is 0 Å². The van der Waals surface area contributed by atoms with Crippen molar-refractivity contribution >= 4 is 34.3 Å². The highest BCUT2D eigenvalue weighted by Gasteiger charge is 2.06. The summed E-state index contributed by atoms with van der Waals surface area (Å²) in [7, 11) is 0. The standard InChI is InChI=1S/C12H8.C4H4S/c1-3-9-4-2-6-11-8-7-10(5-1)12(9)11;1-2-4-5-3-1/h1-8H;1-4H. The van der Waals surface area contributed by atoms with E-state index in [9.17, 15) is 0 Å². The molecule has 0 aliphatic heterocycles. The second kappa shape index (κ2) is 4.56. The molecular weight excluding hydrogens is 224 g/mol. The largest absolute Gasteiger partial charge is 0.152 e. The summed E-state index contributed by atoms with van der Waals surface area (Å²) in [5, 5.41) is 6.83. The van der Waals surface area contributed by atoms with E-state index in [1.54, 1.807) is 11.3 Å². The molecule has 0 saturated carbocycles. The van der Waals surface area contributed by atoms with Gasteiger partial charge in [0, 0.05) is 0 Å². The third kappa shape index (κ3) is 2.02. The maximum Gasteiger partial charge on any atom is -0.00389 e. The molecule has 0 N–H and O–H groups in total. The zero-order valence-corrected chi connectivity index (χ0v) is 10.2.